The number of benzene rings is 1. The van der Waals surface area contributed by atoms with Gasteiger partial charge in [0, 0.05) is 26.3 Å². The van der Waals surface area contributed by atoms with Gasteiger partial charge in [0.2, 0.25) is 0 Å². The average Bonchev–Trinajstić information content (AvgIpc) is 2.83. The van der Waals surface area contributed by atoms with Gasteiger partial charge in [-0.25, -0.2) is 0 Å². The third-order valence-electron chi connectivity index (χ3n) is 3.92. The van der Waals surface area contributed by atoms with Crippen LogP contribution in [0.1, 0.15) is 16.8 Å². The maximum atomic E-state index is 11.5. The van der Waals surface area contributed by atoms with Gasteiger partial charge in [0.05, 0.1) is 5.69 Å². The molecule has 0 saturated carbocycles. The first-order valence-corrected chi connectivity index (χ1v) is 6.65. The van der Waals surface area contributed by atoms with E-state index in [0.29, 0.717) is 19.5 Å². The molecule has 1 atom stereocenters. The first-order valence-electron chi connectivity index (χ1n) is 6.65. The number of aliphatic carboxylic acids is 1. The number of aromatic nitrogens is 2. The smallest absolute Gasteiger partial charge is 0.321 e. The molecule has 5 heteroatoms. The summed E-state index contributed by atoms with van der Waals surface area (Å²) >= 11 is 0. The van der Waals surface area contributed by atoms with Crippen molar-refractivity contribution in [2.45, 2.75) is 25.6 Å². The molecule has 1 N–H and O–H groups in total. The van der Waals surface area contributed by atoms with Crippen molar-refractivity contribution >= 4 is 5.97 Å². The summed E-state index contributed by atoms with van der Waals surface area (Å²) in [7, 11) is 1.88. The molecule has 0 saturated heterocycles. The normalized spacial score (nSPS) is 18.8. The summed E-state index contributed by atoms with van der Waals surface area (Å²) in [5.41, 5.74) is 3.38. The Hall–Kier alpha value is -2.14. The maximum Gasteiger partial charge on any atom is 0.321 e. The SMILES string of the molecule is Cn1nccc1CN1Cc2ccccc2CC1C(=O)O. The Morgan fingerprint density at radius 3 is 2.75 bits per heavy atom. The van der Waals surface area contributed by atoms with E-state index in [1.165, 1.54) is 5.56 Å². The van der Waals surface area contributed by atoms with E-state index in [1.54, 1.807) is 10.9 Å². The van der Waals surface area contributed by atoms with Gasteiger partial charge in [-0.15, -0.1) is 0 Å². The number of nitrogens with zero attached hydrogens (tertiary/aromatic N) is 3. The van der Waals surface area contributed by atoms with E-state index < -0.39 is 12.0 Å². The second kappa shape index (κ2) is 5.09. The standard InChI is InChI=1S/C15H17N3O2/c1-17-13(6-7-16-17)10-18-9-12-5-3-2-4-11(12)8-14(18)15(19)20/h2-7,14H,8-10H2,1H3,(H,19,20). The van der Waals surface area contributed by atoms with Crippen molar-refractivity contribution < 1.29 is 9.90 Å². The zero-order valence-corrected chi connectivity index (χ0v) is 11.4. The number of carboxylic acids is 1. The average molecular weight is 271 g/mol. The molecule has 2 aromatic rings. The molecule has 1 aliphatic heterocycles. The van der Waals surface area contributed by atoms with Gasteiger partial charge in [0.25, 0.3) is 0 Å². The van der Waals surface area contributed by atoms with E-state index in [1.807, 2.05) is 36.2 Å². The van der Waals surface area contributed by atoms with Crippen molar-refractivity contribution in [2.24, 2.45) is 7.05 Å². The molecule has 1 aromatic carbocycles. The second-order valence-corrected chi connectivity index (χ2v) is 5.18. The van der Waals surface area contributed by atoms with Crippen LogP contribution in [-0.4, -0.2) is 31.8 Å². The van der Waals surface area contributed by atoms with Gasteiger partial charge in [-0.3, -0.25) is 14.4 Å². The fourth-order valence-electron chi connectivity index (χ4n) is 2.75. The first kappa shape index (κ1) is 12.9. The summed E-state index contributed by atoms with van der Waals surface area (Å²) in [6.45, 7) is 1.26. The topological polar surface area (TPSA) is 58.4 Å². The lowest BCUT2D eigenvalue weighted by molar-refractivity contribution is -0.144. The van der Waals surface area contributed by atoms with Crippen molar-refractivity contribution in [3.05, 3.63) is 53.3 Å². The van der Waals surface area contributed by atoms with Gasteiger partial charge < -0.3 is 5.11 Å². The minimum atomic E-state index is -0.762. The molecule has 1 unspecified atom stereocenters. The molecule has 0 aliphatic carbocycles. The minimum Gasteiger partial charge on any atom is -0.480 e. The first-order chi connectivity index (χ1) is 9.65. The quantitative estimate of drug-likeness (QED) is 0.917. The van der Waals surface area contributed by atoms with Crippen LogP contribution in [0.5, 0.6) is 0 Å². The molecular formula is C15H17N3O2. The zero-order valence-electron chi connectivity index (χ0n) is 11.4. The minimum absolute atomic E-state index is 0.472. The summed E-state index contributed by atoms with van der Waals surface area (Å²) in [6, 6.07) is 9.52. The monoisotopic (exact) mass is 271 g/mol. The summed E-state index contributed by atoms with van der Waals surface area (Å²) in [5.74, 6) is -0.762. The number of aryl methyl sites for hydroxylation is 1. The number of fused-ring (bicyclic) bond motifs is 1. The molecule has 1 aromatic heterocycles. The Labute approximate surface area is 117 Å². The molecule has 0 radical (unpaired) electrons. The van der Waals surface area contributed by atoms with Crippen molar-refractivity contribution in [3.63, 3.8) is 0 Å². The van der Waals surface area contributed by atoms with Gasteiger partial charge in [-0.1, -0.05) is 24.3 Å². The van der Waals surface area contributed by atoms with Gasteiger partial charge >= 0.3 is 5.97 Å². The highest BCUT2D eigenvalue weighted by molar-refractivity contribution is 5.74. The molecule has 0 bridgehead atoms. The molecule has 104 valence electrons. The van der Waals surface area contributed by atoms with Crippen LogP contribution >= 0.6 is 0 Å². The fraction of sp³-hybridized carbons (Fsp3) is 0.333. The highest BCUT2D eigenvalue weighted by Gasteiger charge is 2.31. The lowest BCUT2D eigenvalue weighted by Crippen LogP contribution is -2.45. The molecule has 3 rings (SSSR count). The largest absolute Gasteiger partial charge is 0.480 e. The molecule has 0 spiro atoms. The van der Waals surface area contributed by atoms with Gasteiger partial charge in [-0.05, 0) is 23.6 Å². The molecule has 0 fully saturated rings. The van der Waals surface area contributed by atoms with Crippen LogP contribution in [0.2, 0.25) is 0 Å². The van der Waals surface area contributed by atoms with Crippen LogP contribution in [-0.2, 0) is 31.4 Å². The number of rotatable bonds is 3. The van der Waals surface area contributed by atoms with E-state index >= 15 is 0 Å². The third kappa shape index (κ3) is 2.32. The molecule has 5 nitrogen and oxygen atoms in total. The Morgan fingerprint density at radius 1 is 1.35 bits per heavy atom. The molecular weight excluding hydrogens is 254 g/mol. The van der Waals surface area contributed by atoms with Gasteiger partial charge in [0.1, 0.15) is 6.04 Å². The lowest BCUT2D eigenvalue weighted by atomic mass is 9.94. The van der Waals surface area contributed by atoms with E-state index in [-0.39, 0.29) is 0 Å². The van der Waals surface area contributed by atoms with Crippen LogP contribution in [0.4, 0.5) is 0 Å². The third-order valence-corrected chi connectivity index (χ3v) is 3.92. The van der Waals surface area contributed by atoms with Crippen LogP contribution in [0.25, 0.3) is 0 Å². The molecule has 1 aliphatic rings. The zero-order chi connectivity index (χ0) is 14.1. The van der Waals surface area contributed by atoms with Crippen molar-refractivity contribution in [1.82, 2.24) is 14.7 Å². The number of carboxylic acid groups (broad SMARTS) is 1. The number of carbonyl (C=O) groups is 1. The van der Waals surface area contributed by atoms with E-state index in [4.69, 9.17) is 0 Å². The summed E-state index contributed by atoms with van der Waals surface area (Å²) in [4.78, 5) is 13.5. The Kier molecular flexibility index (Phi) is 3.28. The van der Waals surface area contributed by atoms with E-state index in [2.05, 4.69) is 11.2 Å². The van der Waals surface area contributed by atoms with Crippen LogP contribution < -0.4 is 0 Å². The summed E-state index contributed by atoms with van der Waals surface area (Å²) in [5, 5.41) is 13.6. The molecule has 2 heterocycles. The van der Waals surface area contributed by atoms with Crippen molar-refractivity contribution in [1.29, 1.82) is 0 Å². The van der Waals surface area contributed by atoms with Gasteiger partial charge in [-0.2, -0.15) is 5.10 Å². The summed E-state index contributed by atoms with van der Waals surface area (Å²) < 4.78 is 1.79. The van der Waals surface area contributed by atoms with Crippen molar-refractivity contribution in [3.8, 4) is 0 Å². The highest BCUT2D eigenvalue weighted by atomic mass is 16.4. The lowest BCUT2D eigenvalue weighted by Gasteiger charge is -2.34. The molecule has 20 heavy (non-hydrogen) atoms. The Morgan fingerprint density at radius 2 is 2.10 bits per heavy atom. The summed E-state index contributed by atoms with van der Waals surface area (Å²) in [6.07, 6.45) is 2.30. The van der Waals surface area contributed by atoms with Crippen molar-refractivity contribution in [2.75, 3.05) is 0 Å². The molecule has 0 amide bonds. The van der Waals surface area contributed by atoms with E-state index in [0.717, 1.165) is 11.3 Å². The van der Waals surface area contributed by atoms with Crippen LogP contribution in [0.3, 0.4) is 0 Å². The maximum absolute atomic E-state index is 11.5. The van der Waals surface area contributed by atoms with Gasteiger partial charge in [0.15, 0.2) is 0 Å². The second-order valence-electron chi connectivity index (χ2n) is 5.18. The fourth-order valence-corrected chi connectivity index (χ4v) is 2.75. The Balaban J connectivity index is 1.89. The Bertz CT molecular complexity index is 636. The van der Waals surface area contributed by atoms with Crippen LogP contribution in [0.15, 0.2) is 36.5 Å². The number of hydrogen-bond acceptors (Lipinski definition) is 3. The predicted molar refractivity (Wildman–Crippen MR) is 74.0 cm³/mol. The predicted octanol–water partition coefficient (Wildman–Crippen LogP) is 1.43. The van der Waals surface area contributed by atoms with E-state index in [9.17, 15) is 9.90 Å². The van der Waals surface area contributed by atoms with Crippen LogP contribution in [0, 0.1) is 0 Å². The number of hydrogen-bond donors (Lipinski definition) is 1. The highest BCUT2D eigenvalue weighted by Crippen LogP contribution is 2.24.